The number of aryl methyl sites for hydroxylation is 1. The van der Waals surface area contributed by atoms with E-state index < -0.39 is 15.4 Å². The number of imidazole rings is 1. The molecule has 0 spiro atoms. The van der Waals surface area contributed by atoms with Crippen LogP contribution in [-0.4, -0.2) is 54.1 Å². The molecule has 1 amide bonds. The van der Waals surface area contributed by atoms with Crippen molar-refractivity contribution >= 4 is 15.9 Å². The molecule has 1 saturated heterocycles. The molecule has 1 aromatic carbocycles. The predicted molar refractivity (Wildman–Crippen MR) is 98.8 cm³/mol. The second-order valence-corrected chi connectivity index (χ2v) is 8.97. The number of nitrogens with zero attached hydrogens (tertiary/aromatic N) is 3. The Morgan fingerprint density at radius 2 is 2.07 bits per heavy atom. The first-order valence-electron chi connectivity index (χ1n) is 8.73. The van der Waals surface area contributed by atoms with Gasteiger partial charge < -0.3 is 9.88 Å². The summed E-state index contributed by atoms with van der Waals surface area (Å²) >= 11 is 0. The maximum atomic E-state index is 14.1. The summed E-state index contributed by atoms with van der Waals surface area (Å²) < 4.78 is 40.7. The fraction of sp³-hybridized carbons (Fsp3) is 0.444. The predicted octanol–water partition coefficient (Wildman–Crippen LogP) is 1.03. The van der Waals surface area contributed by atoms with Crippen LogP contribution in [0.5, 0.6) is 0 Å². The molecule has 1 aliphatic rings. The molecular weight excluding hydrogens is 371 g/mol. The average molecular weight is 394 g/mol. The first kappa shape index (κ1) is 19.5. The maximum absolute atomic E-state index is 14.1. The Morgan fingerprint density at radius 3 is 2.70 bits per heavy atom. The van der Waals surface area contributed by atoms with Crippen LogP contribution < -0.4 is 5.32 Å². The van der Waals surface area contributed by atoms with Crippen LogP contribution in [0, 0.1) is 11.2 Å². The molecule has 9 heteroatoms. The van der Waals surface area contributed by atoms with Gasteiger partial charge in [0.1, 0.15) is 5.82 Å². The molecule has 1 fully saturated rings. The summed E-state index contributed by atoms with van der Waals surface area (Å²) in [6, 6.07) is 6.28. The Balaban J connectivity index is 1.64. The van der Waals surface area contributed by atoms with E-state index in [4.69, 9.17) is 0 Å². The SMILES string of the molecule is CS(=O)(=O)N1CC(Cc2ccccc2F)(C(=O)NCCCn2ccnc2)C1. The van der Waals surface area contributed by atoms with Crippen LogP contribution >= 0.6 is 0 Å². The van der Waals surface area contributed by atoms with Gasteiger partial charge in [-0.3, -0.25) is 4.79 Å². The Morgan fingerprint density at radius 1 is 1.33 bits per heavy atom. The molecule has 0 saturated carbocycles. The second kappa shape index (κ2) is 7.77. The summed E-state index contributed by atoms with van der Waals surface area (Å²) in [6.45, 7) is 1.30. The normalized spacial score (nSPS) is 16.7. The number of hydrogen-bond donors (Lipinski definition) is 1. The van der Waals surface area contributed by atoms with E-state index in [1.54, 1.807) is 30.7 Å². The highest BCUT2D eigenvalue weighted by Gasteiger charge is 2.52. The van der Waals surface area contributed by atoms with Gasteiger partial charge in [0.2, 0.25) is 15.9 Å². The molecule has 0 bridgehead atoms. The van der Waals surface area contributed by atoms with Crippen molar-refractivity contribution in [2.75, 3.05) is 25.9 Å². The summed E-state index contributed by atoms with van der Waals surface area (Å²) in [5, 5.41) is 2.88. The Labute approximate surface area is 158 Å². The quantitative estimate of drug-likeness (QED) is 0.678. The number of carbonyl (C=O) groups excluding carboxylic acids is 1. The lowest BCUT2D eigenvalue weighted by molar-refractivity contribution is -0.137. The van der Waals surface area contributed by atoms with Crippen molar-refractivity contribution in [3.63, 3.8) is 0 Å². The summed E-state index contributed by atoms with van der Waals surface area (Å²) in [5.74, 6) is -0.626. The zero-order valence-electron chi connectivity index (χ0n) is 15.1. The minimum absolute atomic E-state index is 0.0630. The van der Waals surface area contributed by atoms with Crippen LogP contribution in [0.25, 0.3) is 0 Å². The number of amides is 1. The van der Waals surface area contributed by atoms with E-state index in [-0.39, 0.29) is 31.2 Å². The lowest BCUT2D eigenvalue weighted by Crippen LogP contribution is -2.65. The van der Waals surface area contributed by atoms with E-state index in [1.807, 2.05) is 10.8 Å². The van der Waals surface area contributed by atoms with E-state index in [0.29, 0.717) is 18.5 Å². The monoisotopic (exact) mass is 394 g/mol. The minimum Gasteiger partial charge on any atom is -0.355 e. The van der Waals surface area contributed by atoms with Gasteiger partial charge in [-0.25, -0.2) is 17.8 Å². The Hall–Kier alpha value is -2.26. The molecule has 0 radical (unpaired) electrons. The van der Waals surface area contributed by atoms with Crippen LogP contribution in [0.1, 0.15) is 12.0 Å². The molecule has 2 heterocycles. The number of sulfonamides is 1. The van der Waals surface area contributed by atoms with Crippen molar-refractivity contribution in [1.82, 2.24) is 19.2 Å². The molecule has 7 nitrogen and oxygen atoms in total. The first-order chi connectivity index (χ1) is 12.8. The fourth-order valence-electron chi connectivity index (χ4n) is 3.28. The standard InChI is InChI=1S/C18H23FN4O3S/c1-27(25,26)23-12-18(13-23,11-15-5-2-3-6-16(15)19)17(24)21-7-4-9-22-10-8-20-14-22/h2-3,5-6,8,10,14H,4,7,9,11-13H2,1H3,(H,21,24). The van der Waals surface area contributed by atoms with Crippen molar-refractivity contribution in [3.8, 4) is 0 Å². The fourth-order valence-corrected chi connectivity index (χ4v) is 4.24. The van der Waals surface area contributed by atoms with Crippen LogP contribution in [-0.2, 0) is 27.8 Å². The summed E-state index contributed by atoms with van der Waals surface area (Å²) in [4.78, 5) is 16.8. The Bertz CT molecular complexity index is 893. The van der Waals surface area contributed by atoms with Crippen molar-refractivity contribution in [2.24, 2.45) is 5.41 Å². The van der Waals surface area contributed by atoms with Gasteiger partial charge >= 0.3 is 0 Å². The maximum Gasteiger partial charge on any atom is 0.229 e. The number of nitrogens with one attached hydrogen (secondary N) is 1. The molecule has 3 rings (SSSR count). The zero-order valence-corrected chi connectivity index (χ0v) is 16.0. The summed E-state index contributed by atoms with van der Waals surface area (Å²) in [5.41, 5.74) is -0.528. The smallest absolute Gasteiger partial charge is 0.229 e. The van der Waals surface area contributed by atoms with Crippen molar-refractivity contribution in [3.05, 3.63) is 54.4 Å². The van der Waals surface area contributed by atoms with Gasteiger partial charge in [0.25, 0.3) is 0 Å². The van der Waals surface area contributed by atoms with E-state index in [1.165, 1.54) is 10.4 Å². The number of benzene rings is 1. The van der Waals surface area contributed by atoms with Crippen LogP contribution in [0.4, 0.5) is 4.39 Å². The Kier molecular flexibility index (Phi) is 5.61. The summed E-state index contributed by atoms with van der Waals surface area (Å²) in [7, 11) is -3.38. The van der Waals surface area contributed by atoms with Gasteiger partial charge in [-0.15, -0.1) is 0 Å². The lowest BCUT2D eigenvalue weighted by Gasteiger charge is -2.47. The molecule has 27 heavy (non-hydrogen) atoms. The average Bonchev–Trinajstić information content (AvgIpc) is 3.08. The van der Waals surface area contributed by atoms with Gasteiger partial charge in [-0.05, 0) is 24.5 Å². The van der Waals surface area contributed by atoms with Crippen molar-refractivity contribution in [1.29, 1.82) is 0 Å². The minimum atomic E-state index is -3.38. The van der Waals surface area contributed by atoms with E-state index >= 15 is 0 Å². The highest BCUT2D eigenvalue weighted by molar-refractivity contribution is 7.88. The number of aromatic nitrogens is 2. The van der Waals surface area contributed by atoms with Gasteiger partial charge in [0.15, 0.2) is 0 Å². The largest absolute Gasteiger partial charge is 0.355 e. The first-order valence-corrected chi connectivity index (χ1v) is 10.6. The van der Waals surface area contributed by atoms with Crippen molar-refractivity contribution in [2.45, 2.75) is 19.4 Å². The number of rotatable bonds is 8. The van der Waals surface area contributed by atoms with E-state index in [2.05, 4.69) is 10.3 Å². The summed E-state index contributed by atoms with van der Waals surface area (Å²) in [6.07, 6.45) is 7.24. The third kappa shape index (κ3) is 4.54. The highest BCUT2D eigenvalue weighted by Crippen LogP contribution is 2.36. The molecule has 0 aliphatic carbocycles. The van der Waals surface area contributed by atoms with Crippen LogP contribution in [0.15, 0.2) is 43.0 Å². The van der Waals surface area contributed by atoms with Gasteiger partial charge in [0.05, 0.1) is 18.0 Å². The molecule has 0 atom stereocenters. The molecule has 1 aromatic heterocycles. The third-order valence-electron chi connectivity index (χ3n) is 4.83. The third-order valence-corrected chi connectivity index (χ3v) is 6.03. The zero-order chi connectivity index (χ0) is 19.5. The second-order valence-electron chi connectivity index (χ2n) is 6.99. The van der Waals surface area contributed by atoms with Crippen LogP contribution in [0.3, 0.4) is 0 Å². The molecule has 1 N–H and O–H groups in total. The van der Waals surface area contributed by atoms with Gasteiger partial charge in [-0.1, -0.05) is 18.2 Å². The molecule has 1 aliphatic heterocycles. The topological polar surface area (TPSA) is 84.3 Å². The van der Waals surface area contributed by atoms with E-state index in [9.17, 15) is 17.6 Å². The lowest BCUT2D eigenvalue weighted by atomic mass is 9.75. The van der Waals surface area contributed by atoms with Gasteiger partial charge in [0, 0.05) is 38.6 Å². The molecule has 2 aromatic rings. The van der Waals surface area contributed by atoms with Crippen molar-refractivity contribution < 1.29 is 17.6 Å². The van der Waals surface area contributed by atoms with E-state index in [0.717, 1.165) is 12.8 Å². The highest BCUT2D eigenvalue weighted by atomic mass is 32.2. The molecule has 0 unspecified atom stereocenters. The molecule has 146 valence electrons. The number of carbonyl (C=O) groups is 1. The van der Waals surface area contributed by atoms with Gasteiger partial charge in [-0.2, -0.15) is 4.31 Å². The number of halogens is 1. The number of hydrogen-bond acceptors (Lipinski definition) is 4. The molecular formula is C18H23FN4O3S. The van der Waals surface area contributed by atoms with Crippen LogP contribution in [0.2, 0.25) is 0 Å².